The molecule has 1 aromatic heterocycles. The number of nitrogens with zero attached hydrogens (tertiary/aromatic N) is 1. The van der Waals surface area contributed by atoms with Crippen molar-refractivity contribution >= 4 is 28.2 Å². The number of ether oxygens (including phenoxy) is 1. The third-order valence-corrected chi connectivity index (χ3v) is 5.00. The molecular formula is C19H25N3O3S. The second-order valence-electron chi connectivity index (χ2n) is 6.68. The van der Waals surface area contributed by atoms with Gasteiger partial charge < -0.3 is 25.0 Å². The molecule has 0 aliphatic carbocycles. The Bertz CT molecular complexity index is 830. The molecule has 0 amide bonds. The summed E-state index contributed by atoms with van der Waals surface area (Å²) >= 11 is 5.47. The van der Waals surface area contributed by atoms with Crippen LogP contribution in [0.15, 0.2) is 29.1 Å². The van der Waals surface area contributed by atoms with E-state index in [1.165, 1.54) is 0 Å². The molecule has 3 rings (SSSR count). The van der Waals surface area contributed by atoms with Crippen LogP contribution in [-0.4, -0.2) is 52.5 Å². The maximum atomic E-state index is 12.4. The lowest BCUT2D eigenvalue weighted by molar-refractivity contribution is 0.113. The SMILES string of the molecule is Cc1ccc2cc(CN(CCO)C(=S)NC[C@H]3CCCO3)c(=O)[nH]c2c1. The van der Waals surface area contributed by atoms with Crippen LogP contribution in [0.25, 0.3) is 10.9 Å². The quantitative estimate of drug-likeness (QED) is 0.667. The van der Waals surface area contributed by atoms with Crippen LogP contribution >= 0.6 is 12.2 Å². The molecule has 1 saturated heterocycles. The molecule has 1 aliphatic heterocycles. The number of thiocarbonyl (C=S) groups is 1. The molecule has 0 bridgehead atoms. The van der Waals surface area contributed by atoms with Crippen LogP contribution in [0.1, 0.15) is 24.0 Å². The third-order valence-electron chi connectivity index (χ3n) is 4.60. The normalized spacial score (nSPS) is 16.8. The fraction of sp³-hybridized carbons (Fsp3) is 0.474. The van der Waals surface area contributed by atoms with Crippen LogP contribution < -0.4 is 10.9 Å². The average Bonchev–Trinajstić information content (AvgIpc) is 3.13. The highest BCUT2D eigenvalue weighted by atomic mass is 32.1. The van der Waals surface area contributed by atoms with Gasteiger partial charge in [0.25, 0.3) is 5.56 Å². The minimum atomic E-state index is -0.132. The topological polar surface area (TPSA) is 77.6 Å². The number of aryl methyl sites for hydroxylation is 1. The number of hydrogen-bond donors (Lipinski definition) is 3. The first-order chi connectivity index (χ1) is 12.6. The number of fused-ring (bicyclic) bond motifs is 1. The Hall–Kier alpha value is -1.96. The Labute approximate surface area is 158 Å². The molecule has 3 N–H and O–H groups in total. The number of aromatic nitrogens is 1. The lowest BCUT2D eigenvalue weighted by Crippen LogP contribution is -2.44. The number of hydrogen-bond acceptors (Lipinski definition) is 4. The smallest absolute Gasteiger partial charge is 0.253 e. The number of nitrogens with one attached hydrogen (secondary N) is 2. The molecule has 2 aromatic rings. The molecule has 1 aliphatic rings. The lowest BCUT2D eigenvalue weighted by Gasteiger charge is -2.26. The fourth-order valence-corrected chi connectivity index (χ4v) is 3.41. The number of aliphatic hydroxyl groups excluding tert-OH is 1. The molecule has 26 heavy (non-hydrogen) atoms. The van der Waals surface area contributed by atoms with Gasteiger partial charge in [0.2, 0.25) is 0 Å². The van der Waals surface area contributed by atoms with Gasteiger partial charge in [0, 0.05) is 30.8 Å². The summed E-state index contributed by atoms with van der Waals surface area (Å²) in [4.78, 5) is 17.2. The molecule has 0 unspecified atom stereocenters. The van der Waals surface area contributed by atoms with Crippen LogP contribution in [-0.2, 0) is 11.3 Å². The zero-order valence-corrected chi connectivity index (χ0v) is 15.8. The summed E-state index contributed by atoms with van der Waals surface area (Å²) in [7, 11) is 0. The zero-order chi connectivity index (χ0) is 18.5. The van der Waals surface area contributed by atoms with Gasteiger partial charge in [-0.3, -0.25) is 4.79 Å². The van der Waals surface area contributed by atoms with E-state index < -0.39 is 0 Å². The van der Waals surface area contributed by atoms with E-state index in [9.17, 15) is 9.90 Å². The van der Waals surface area contributed by atoms with Gasteiger partial charge in [0.15, 0.2) is 5.11 Å². The van der Waals surface area contributed by atoms with Gasteiger partial charge in [0.1, 0.15) is 0 Å². The van der Waals surface area contributed by atoms with E-state index in [0.29, 0.717) is 30.3 Å². The van der Waals surface area contributed by atoms with Gasteiger partial charge >= 0.3 is 0 Å². The molecule has 2 heterocycles. The predicted octanol–water partition coefficient (Wildman–Crippen LogP) is 1.68. The summed E-state index contributed by atoms with van der Waals surface area (Å²) in [5, 5.41) is 14.1. The summed E-state index contributed by atoms with van der Waals surface area (Å²) in [6.07, 6.45) is 2.28. The van der Waals surface area contributed by atoms with Crippen molar-refractivity contribution in [3.63, 3.8) is 0 Å². The number of H-pyrrole nitrogens is 1. The molecule has 1 aromatic carbocycles. The van der Waals surface area contributed by atoms with Crippen molar-refractivity contribution in [1.29, 1.82) is 0 Å². The maximum Gasteiger partial charge on any atom is 0.253 e. The van der Waals surface area contributed by atoms with E-state index >= 15 is 0 Å². The van der Waals surface area contributed by atoms with Crippen LogP contribution in [0, 0.1) is 6.92 Å². The van der Waals surface area contributed by atoms with E-state index in [0.717, 1.165) is 35.9 Å². The van der Waals surface area contributed by atoms with E-state index in [-0.39, 0.29) is 18.3 Å². The molecule has 6 nitrogen and oxygen atoms in total. The summed E-state index contributed by atoms with van der Waals surface area (Å²) in [5.41, 5.74) is 2.41. The van der Waals surface area contributed by atoms with E-state index in [1.807, 2.05) is 36.1 Å². The van der Waals surface area contributed by atoms with Gasteiger partial charge in [-0.1, -0.05) is 12.1 Å². The summed E-state index contributed by atoms with van der Waals surface area (Å²) in [6, 6.07) is 7.86. The second-order valence-corrected chi connectivity index (χ2v) is 7.07. The summed E-state index contributed by atoms with van der Waals surface area (Å²) in [6.45, 7) is 4.11. The van der Waals surface area contributed by atoms with Crippen molar-refractivity contribution in [3.8, 4) is 0 Å². The highest BCUT2D eigenvalue weighted by molar-refractivity contribution is 7.80. The van der Waals surface area contributed by atoms with Crippen LogP contribution in [0.2, 0.25) is 0 Å². The summed E-state index contributed by atoms with van der Waals surface area (Å²) < 4.78 is 5.59. The Kier molecular flexibility index (Phi) is 6.24. The minimum Gasteiger partial charge on any atom is -0.395 e. The molecule has 7 heteroatoms. The van der Waals surface area contributed by atoms with Crippen LogP contribution in [0.5, 0.6) is 0 Å². The first kappa shape index (κ1) is 18.8. The Balaban J connectivity index is 1.73. The van der Waals surface area contributed by atoms with Crippen molar-refractivity contribution < 1.29 is 9.84 Å². The number of pyridine rings is 1. The number of rotatable bonds is 6. The first-order valence-electron chi connectivity index (χ1n) is 8.94. The fourth-order valence-electron chi connectivity index (χ4n) is 3.17. The Morgan fingerprint density at radius 1 is 1.46 bits per heavy atom. The predicted molar refractivity (Wildman–Crippen MR) is 106 cm³/mol. The van der Waals surface area contributed by atoms with E-state index in [4.69, 9.17) is 17.0 Å². The number of aliphatic hydroxyl groups is 1. The lowest BCUT2D eigenvalue weighted by atomic mass is 10.1. The molecule has 0 radical (unpaired) electrons. The van der Waals surface area contributed by atoms with E-state index in [2.05, 4.69) is 10.3 Å². The summed E-state index contributed by atoms with van der Waals surface area (Å²) in [5.74, 6) is 0. The monoisotopic (exact) mass is 375 g/mol. The molecule has 0 spiro atoms. The molecule has 0 saturated carbocycles. The van der Waals surface area contributed by atoms with E-state index in [1.54, 1.807) is 0 Å². The first-order valence-corrected chi connectivity index (χ1v) is 9.35. The highest BCUT2D eigenvalue weighted by Gasteiger charge is 2.18. The largest absolute Gasteiger partial charge is 0.395 e. The van der Waals surface area contributed by atoms with Crippen LogP contribution in [0.3, 0.4) is 0 Å². The Morgan fingerprint density at radius 2 is 2.31 bits per heavy atom. The molecule has 1 fully saturated rings. The molecule has 140 valence electrons. The maximum absolute atomic E-state index is 12.4. The van der Waals surface area contributed by atoms with Gasteiger partial charge in [-0.2, -0.15) is 0 Å². The van der Waals surface area contributed by atoms with Crippen molar-refractivity contribution in [1.82, 2.24) is 15.2 Å². The van der Waals surface area contributed by atoms with Crippen molar-refractivity contribution in [2.45, 2.75) is 32.4 Å². The van der Waals surface area contributed by atoms with Crippen molar-refractivity contribution in [2.24, 2.45) is 0 Å². The van der Waals surface area contributed by atoms with Gasteiger partial charge in [-0.15, -0.1) is 0 Å². The second kappa shape index (κ2) is 8.62. The minimum absolute atomic E-state index is 0.0353. The van der Waals surface area contributed by atoms with Gasteiger partial charge in [0.05, 0.1) is 19.3 Å². The Morgan fingerprint density at radius 3 is 3.04 bits per heavy atom. The van der Waals surface area contributed by atoms with Gasteiger partial charge in [-0.25, -0.2) is 0 Å². The van der Waals surface area contributed by atoms with Crippen molar-refractivity contribution in [2.75, 3.05) is 26.3 Å². The standard InChI is InChI=1S/C19H25N3O3S/c1-13-4-5-14-10-15(18(24)21-17(14)9-13)12-22(6-7-23)19(26)20-11-16-3-2-8-25-16/h4-5,9-10,16,23H,2-3,6-8,11-12H2,1H3,(H,20,26)(H,21,24)/t16-/m1/s1. The third kappa shape index (κ3) is 4.60. The zero-order valence-electron chi connectivity index (χ0n) is 15.0. The van der Waals surface area contributed by atoms with Gasteiger partial charge in [-0.05, 0) is 55.1 Å². The average molecular weight is 375 g/mol. The number of aromatic amines is 1. The molecule has 1 atom stereocenters. The van der Waals surface area contributed by atoms with Crippen LogP contribution in [0.4, 0.5) is 0 Å². The van der Waals surface area contributed by atoms with Crippen molar-refractivity contribution in [3.05, 3.63) is 45.7 Å². The number of benzene rings is 1. The molecular weight excluding hydrogens is 350 g/mol. The highest BCUT2D eigenvalue weighted by Crippen LogP contribution is 2.14.